The summed E-state index contributed by atoms with van der Waals surface area (Å²) in [6, 6.07) is 7.65. The molecular weight excluding hydrogens is 943 g/mol. The lowest BCUT2D eigenvalue weighted by Crippen LogP contribution is -2.61. The van der Waals surface area contributed by atoms with Crippen molar-refractivity contribution < 1.29 is 72.7 Å². The minimum absolute atomic E-state index is 0.0527. The smallest absolute Gasteiger partial charge is 0.311 e. The first-order valence-electron chi connectivity index (χ1n) is 26.6. The van der Waals surface area contributed by atoms with E-state index in [1.54, 1.807) is 48.5 Å². The molecule has 0 spiro atoms. The Hall–Kier alpha value is -3.11. The van der Waals surface area contributed by atoms with E-state index in [0.29, 0.717) is 32.5 Å². The lowest BCUT2D eigenvalue weighted by Gasteiger charge is -2.50. The molecule has 18 heteroatoms. The summed E-state index contributed by atoms with van der Waals surface area (Å²) in [5, 5.41) is 49.7. The molecule has 18 atom stereocenters. The molecule has 0 radical (unpaired) electrons. The van der Waals surface area contributed by atoms with Crippen LogP contribution in [0.4, 0.5) is 0 Å². The number of amides is 1. The van der Waals surface area contributed by atoms with Gasteiger partial charge in [-0.25, -0.2) is 0 Å². The Kier molecular flexibility index (Phi) is 21.9. The third-order valence-corrected chi connectivity index (χ3v) is 16.4. The van der Waals surface area contributed by atoms with Crippen LogP contribution in [0, 0.1) is 23.7 Å². The first kappa shape index (κ1) is 60.8. The Morgan fingerprint density at radius 3 is 2.21 bits per heavy atom. The van der Waals surface area contributed by atoms with Crippen LogP contribution in [0.15, 0.2) is 30.3 Å². The van der Waals surface area contributed by atoms with Gasteiger partial charge in [-0.05, 0) is 111 Å². The van der Waals surface area contributed by atoms with Gasteiger partial charge in [0.05, 0.1) is 54.2 Å². The number of rotatable bonds is 17. The van der Waals surface area contributed by atoms with E-state index in [9.17, 15) is 34.8 Å². The van der Waals surface area contributed by atoms with Crippen LogP contribution in [0.3, 0.4) is 0 Å². The zero-order valence-corrected chi connectivity index (χ0v) is 46.2. The molecule has 0 unspecified atom stereocenters. The second-order valence-corrected chi connectivity index (χ2v) is 22.2. The van der Waals surface area contributed by atoms with E-state index in [-0.39, 0.29) is 37.4 Å². The number of aliphatic hydroxyl groups is 4. The van der Waals surface area contributed by atoms with Crippen molar-refractivity contribution in [2.45, 2.75) is 198 Å². The van der Waals surface area contributed by atoms with Crippen LogP contribution in [-0.2, 0) is 47.5 Å². The molecule has 416 valence electrons. The number of cyclic esters (lactones) is 1. The Bertz CT molecular complexity index is 1970. The molecule has 4 aliphatic heterocycles. The number of hydrogen-bond acceptors (Lipinski definition) is 17. The first-order valence-corrected chi connectivity index (χ1v) is 26.6. The standard InChI is InChI=1S/C55H91N3O15/c1-15-42-55(10,65)48(62)34(4)45(60)32(2)30-54(9,67-14)50(35(5)47(36(6)51(64)71-42)72-44-31-53(8,66-13)49(63)37(7)70-44)73-52-46(61)41(29-33(3)69-52)58(12)27-23-43(59)56-24-16-28-68-40-19-17-38(18-20-40)39-21-25-57(11)26-22-39/h17-21,32-37,41-42,44,46-50,52,61-63,65H,15-16,22-31H2,1-14H3,(H,56,59)/t32-,33-,34+,35+,36-,37+,41+,42-,44+,46-,47+,48-,49+,50-,52-,53-,54-,55-/m1/s1. The third-order valence-electron chi connectivity index (χ3n) is 16.4. The summed E-state index contributed by atoms with van der Waals surface area (Å²) in [5.41, 5.74) is -1.87. The minimum Gasteiger partial charge on any atom is -0.494 e. The third kappa shape index (κ3) is 14.9. The number of ether oxygens (including phenoxy) is 8. The molecule has 0 saturated carbocycles. The van der Waals surface area contributed by atoms with Crippen molar-refractivity contribution in [3.63, 3.8) is 0 Å². The topological polar surface area (TPSA) is 224 Å². The molecule has 5 N–H and O–H groups in total. The van der Waals surface area contributed by atoms with Crippen LogP contribution in [0.25, 0.3) is 5.57 Å². The molecule has 4 aliphatic rings. The highest BCUT2D eigenvalue weighted by Gasteiger charge is 2.54. The van der Waals surface area contributed by atoms with Crippen LogP contribution >= 0.6 is 0 Å². The number of nitrogens with one attached hydrogen (secondary N) is 1. The van der Waals surface area contributed by atoms with Crippen molar-refractivity contribution in [1.29, 1.82) is 0 Å². The number of nitrogens with zero attached hydrogens (tertiary/aromatic N) is 2. The largest absolute Gasteiger partial charge is 0.494 e. The number of hydrogen-bond donors (Lipinski definition) is 5. The highest BCUT2D eigenvalue weighted by Crippen LogP contribution is 2.42. The van der Waals surface area contributed by atoms with E-state index in [1.165, 1.54) is 32.3 Å². The second-order valence-electron chi connectivity index (χ2n) is 22.2. The van der Waals surface area contributed by atoms with E-state index in [1.807, 2.05) is 37.9 Å². The van der Waals surface area contributed by atoms with E-state index in [4.69, 9.17) is 37.9 Å². The van der Waals surface area contributed by atoms with Gasteiger partial charge >= 0.3 is 5.97 Å². The van der Waals surface area contributed by atoms with Gasteiger partial charge in [-0.2, -0.15) is 0 Å². The first-order chi connectivity index (χ1) is 34.3. The monoisotopic (exact) mass is 1030 g/mol. The highest BCUT2D eigenvalue weighted by molar-refractivity contribution is 5.83. The number of Topliss-reactive ketones (excluding diaryl/α,β-unsaturated/α-hetero) is 1. The average Bonchev–Trinajstić information content (AvgIpc) is 3.36. The predicted octanol–water partition coefficient (Wildman–Crippen LogP) is 4.50. The Labute approximate surface area is 434 Å². The van der Waals surface area contributed by atoms with Gasteiger partial charge in [-0.3, -0.25) is 14.4 Å². The number of carbonyl (C=O) groups is 3. The summed E-state index contributed by atoms with van der Waals surface area (Å²) in [6.07, 6.45) is -5.76. The zero-order valence-electron chi connectivity index (χ0n) is 46.2. The van der Waals surface area contributed by atoms with E-state index in [0.717, 1.165) is 25.3 Å². The lowest BCUT2D eigenvalue weighted by molar-refractivity contribution is -0.319. The van der Waals surface area contributed by atoms with Crippen LogP contribution < -0.4 is 10.1 Å². The van der Waals surface area contributed by atoms with Gasteiger partial charge in [-0.1, -0.05) is 45.9 Å². The molecule has 5 rings (SSSR count). The molecule has 1 amide bonds. The Balaban J connectivity index is 1.33. The SMILES string of the molecule is CC[C@H]1OC(=O)[C@H](C)[C@@H](O[C@H]2C[C@@](C)(OC)[C@@H](O)[C@H](C)O2)[C@H](C)[C@@H](O[C@H]2O[C@H](C)C[C@H](N(C)CCC(=O)NCCCOc3ccc(C4=CCN(C)CC4)cc3)[C@H]2O)[C@](C)(OC)C[C@@H](C)C(=O)[C@H](C)[C@@H](O)[C@]1(C)O. The van der Waals surface area contributed by atoms with Gasteiger partial charge < -0.3 is 73.4 Å². The molecular formula is C55H91N3O15. The Morgan fingerprint density at radius 1 is 0.918 bits per heavy atom. The predicted molar refractivity (Wildman–Crippen MR) is 274 cm³/mol. The van der Waals surface area contributed by atoms with Crippen molar-refractivity contribution in [2.75, 3.05) is 61.1 Å². The zero-order chi connectivity index (χ0) is 54.2. The maximum absolute atomic E-state index is 14.4. The number of benzene rings is 1. The molecule has 4 heterocycles. The van der Waals surface area contributed by atoms with Crippen LogP contribution in [0.2, 0.25) is 0 Å². The second kappa shape index (κ2) is 26.3. The number of methoxy groups -OCH3 is 2. The highest BCUT2D eigenvalue weighted by atomic mass is 16.7. The van der Waals surface area contributed by atoms with Gasteiger partial charge in [0.1, 0.15) is 35.4 Å². The van der Waals surface area contributed by atoms with Crippen molar-refractivity contribution >= 4 is 23.2 Å². The minimum atomic E-state index is -2.01. The average molecular weight is 1030 g/mol. The summed E-state index contributed by atoms with van der Waals surface area (Å²) in [5.74, 6) is -4.15. The van der Waals surface area contributed by atoms with Gasteiger partial charge in [0, 0.05) is 77.0 Å². The van der Waals surface area contributed by atoms with Crippen LogP contribution in [0.1, 0.15) is 120 Å². The number of ketones is 1. The maximum Gasteiger partial charge on any atom is 0.311 e. The Morgan fingerprint density at radius 2 is 1.59 bits per heavy atom. The molecule has 0 aliphatic carbocycles. The molecule has 1 aromatic rings. The van der Waals surface area contributed by atoms with Crippen LogP contribution in [0.5, 0.6) is 5.75 Å². The van der Waals surface area contributed by atoms with E-state index >= 15 is 0 Å². The van der Waals surface area contributed by atoms with E-state index < -0.39 is 114 Å². The van der Waals surface area contributed by atoms with Gasteiger partial charge in [-0.15, -0.1) is 0 Å². The van der Waals surface area contributed by atoms with Crippen molar-refractivity contribution in [1.82, 2.24) is 15.1 Å². The summed E-state index contributed by atoms with van der Waals surface area (Å²) in [6.45, 7) is 20.1. The fourth-order valence-corrected chi connectivity index (χ4v) is 11.3. The summed E-state index contributed by atoms with van der Waals surface area (Å²) in [7, 11) is 6.95. The molecule has 1 aromatic carbocycles. The molecule has 73 heavy (non-hydrogen) atoms. The number of aliphatic hydroxyl groups excluding tert-OH is 3. The lowest BCUT2D eigenvalue weighted by atomic mass is 9.74. The van der Waals surface area contributed by atoms with E-state index in [2.05, 4.69) is 35.5 Å². The quantitative estimate of drug-likeness (QED) is 0.107. The summed E-state index contributed by atoms with van der Waals surface area (Å²) >= 11 is 0. The van der Waals surface area contributed by atoms with Crippen molar-refractivity contribution in [3.8, 4) is 5.75 Å². The maximum atomic E-state index is 14.4. The van der Waals surface area contributed by atoms with Gasteiger partial charge in [0.2, 0.25) is 5.91 Å². The van der Waals surface area contributed by atoms with Gasteiger partial charge in [0.15, 0.2) is 12.6 Å². The molecule has 3 fully saturated rings. The van der Waals surface area contributed by atoms with Crippen LogP contribution in [-0.4, -0.2) is 193 Å². The fraction of sp³-hybridized carbons (Fsp3) is 0.800. The normalized spacial score (nSPS) is 39.6. The fourth-order valence-electron chi connectivity index (χ4n) is 11.3. The number of likely N-dealkylation sites (N-methyl/N-ethyl adjacent to an activating group) is 2. The molecule has 18 nitrogen and oxygen atoms in total. The number of carbonyl (C=O) groups excluding carboxylic acids is 3. The number of esters is 1. The molecule has 0 bridgehead atoms. The van der Waals surface area contributed by atoms with Crippen molar-refractivity contribution in [3.05, 3.63) is 35.9 Å². The van der Waals surface area contributed by atoms with Crippen molar-refractivity contribution in [2.24, 2.45) is 23.7 Å². The summed E-state index contributed by atoms with van der Waals surface area (Å²) < 4.78 is 50.6. The molecule has 0 aromatic heterocycles. The van der Waals surface area contributed by atoms with Gasteiger partial charge in [0.25, 0.3) is 0 Å². The molecule has 3 saturated heterocycles. The summed E-state index contributed by atoms with van der Waals surface area (Å²) in [4.78, 5) is 46.0.